The second-order valence-corrected chi connectivity index (χ2v) is 11.0. The number of carbonyl (C=O) groups is 2. The van der Waals surface area contributed by atoms with Gasteiger partial charge in [-0.05, 0) is 87.3 Å². The Hall–Kier alpha value is -1.94. The highest BCUT2D eigenvalue weighted by Crippen LogP contribution is 2.54. The van der Waals surface area contributed by atoms with Crippen LogP contribution in [0.25, 0.3) is 0 Å². The number of hydrogen-bond acceptors (Lipinski definition) is 6. The Morgan fingerprint density at radius 2 is 1.67 bits per heavy atom. The van der Waals surface area contributed by atoms with Crippen molar-refractivity contribution < 1.29 is 24.0 Å². The molecule has 5 rings (SSSR count). The third-order valence-electron chi connectivity index (χ3n) is 9.14. The molecule has 36 heavy (non-hydrogen) atoms. The van der Waals surface area contributed by atoms with E-state index in [9.17, 15) is 9.59 Å². The van der Waals surface area contributed by atoms with Crippen molar-refractivity contribution in [3.05, 3.63) is 35.4 Å². The lowest BCUT2D eigenvalue weighted by Crippen LogP contribution is -2.53. The number of carbonyl (C=O) groups excluding carboxylic acids is 2. The molecule has 5 N–H and O–H groups in total. The first kappa shape index (κ1) is 27.1. The molecule has 0 unspecified atom stereocenters. The van der Waals surface area contributed by atoms with Crippen molar-refractivity contribution in [1.82, 2.24) is 10.6 Å². The van der Waals surface area contributed by atoms with E-state index in [-0.39, 0.29) is 22.8 Å². The van der Waals surface area contributed by atoms with Gasteiger partial charge in [-0.2, -0.15) is 0 Å². The summed E-state index contributed by atoms with van der Waals surface area (Å²) in [5.41, 5.74) is 7.21. The van der Waals surface area contributed by atoms with E-state index in [4.69, 9.17) is 20.1 Å². The van der Waals surface area contributed by atoms with Crippen LogP contribution in [0.15, 0.2) is 24.3 Å². The van der Waals surface area contributed by atoms with E-state index >= 15 is 0 Å². The van der Waals surface area contributed by atoms with Gasteiger partial charge in [0.05, 0.1) is 5.60 Å². The van der Waals surface area contributed by atoms with E-state index in [0.717, 1.165) is 37.7 Å². The molecule has 1 aromatic carbocycles. The number of ether oxygens (including phenoxy) is 1. The summed E-state index contributed by atoms with van der Waals surface area (Å²) in [7, 11) is 2.42. The number of rotatable bonds is 12. The maximum Gasteiger partial charge on any atom is 0.486 e. The predicted molar refractivity (Wildman–Crippen MR) is 138 cm³/mol. The molecular weight excluding hydrogens is 457 g/mol. The van der Waals surface area contributed by atoms with Crippen molar-refractivity contribution in [2.24, 2.45) is 11.1 Å². The first-order chi connectivity index (χ1) is 17.4. The Bertz CT molecular complexity index is 879. The van der Waals surface area contributed by atoms with Crippen LogP contribution in [0.5, 0.6) is 0 Å². The second kappa shape index (κ2) is 11.6. The van der Waals surface area contributed by atoms with E-state index in [1.54, 1.807) is 0 Å². The summed E-state index contributed by atoms with van der Waals surface area (Å²) in [4.78, 5) is 26.5. The average molecular weight is 498 g/mol. The zero-order valence-electron chi connectivity index (χ0n) is 21.5. The van der Waals surface area contributed by atoms with Crippen LogP contribution in [0.1, 0.15) is 88.2 Å². The number of methoxy groups -OCH3 is 1. The molecule has 1 radical (unpaired) electrons. The van der Waals surface area contributed by atoms with Gasteiger partial charge in [0, 0.05) is 13.7 Å². The van der Waals surface area contributed by atoms with E-state index in [1.165, 1.54) is 24.8 Å². The Morgan fingerprint density at radius 1 is 1.03 bits per heavy atom. The quantitative estimate of drug-likeness (QED) is 0.200. The van der Waals surface area contributed by atoms with E-state index in [0.29, 0.717) is 46.5 Å². The van der Waals surface area contributed by atoms with Gasteiger partial charge in [-0.1, -0.05) is 37.1 Å². The molecular formula is C27H41BN3O5. The molecule has 9 heteroatoms. The fourth-order valence-electron chi connectivity index (χ4n) is 6.59. The van der Waals surface area contributed by atoms with Crippen molar-refractivity contribution in [2.45, 2.75) is 101 Å². The fourth-order valence-corrected chi connectivity index (χ4v) is 6.59. The van der Waals surface area contributed by atoms with Crippen molar-refractivity contribution in [2.75, 3.05) is 13.7 Å². The zero-order valence-corrected chi connectivity index (χ0v) is 21.5. The van der Waals surface area contributed by atoms with Crippen LogP contribution in [0, 0.1) is 5.41 Å². The largest absolute Gasteiger partial charge is 0.486 e. The van der Waals surface area contributed by atoms with Crippen LogP contribution in [-0.4, -0.2) is 50.0 Å². The molecule has 2 bridgehead atoms. The average Bonchev–Trinajstić information content (AvgIpc) is 3.43. The molecule has 0 spiro atoms. The van der Waals surface area contributed by atoms with Crippen LogP contribution in [0.2, 0.25) is 0 Å². The Balaban J connectivity index is 1.36. The summed E-state index contributed by atoms with van der Waals surface area (Å²) in [6.07, 6.45) is 9.89. The molecule has 8 nitrogen and oxygen atoms in total. The van der Waals surface area contributed by atoms with Gasteiger partial charge >= 0.3 is 7.69 Å². The SMILES string of the molecule is COC12CCC(c3ccc(CNC(=O)C4(C(=O)N[C@@H](CCCN)O[B]O)CCCC4)cc3)(CC1)CC2. The predicted octanol–water partition coefficient (Wildman–Crippen LogP) is 2.58. The first-order valence-corrected chi connectivity index (χ1v) is 13.5. The molecule has 4 aliphatic carbocycles. The van der Waals surface area contributed by atoms with E-state index in [2.05, 4.69) is 34.9 Å². The van der Waals surface area contributed by atoms with Crippen molar-refractivity contribution >= 4 is 19.5 Å². The number of nitrogens with two attached hydrogens (primary N) is 1. The molecule has 0 aromatic heterocycles. The van der Waals surface area contributed by atoms with Gasteiger partial charge in [-0.15, -0.1) is 0 Å². The Kier molecular flexibility index (Phi) is 8.76. The monoisotopic (exact) mass is 498 g/mol. The maximum absolute atomic E-state index is 13.3. The lowest BCUT2D eigenvalue weighted by Gasteiger charge is -2.53. The first-order valence-electron chi connectivity index (χ1n) is 13.5. The van der Waals surface area contributed by atoms with Crippen molar-refractivity contribution in [1.29, 1.82) is 0 Å². The second-order valence-electron chi connectivity index (χ2n) is 11.0. The molecule has 1 atom stereocenters. The molecule has 197 valence electrons. The molecule has 4 saturated carbocycles. The topological polar surface area (TPSA) is 123 Å². The van der Waals surface area contributed by atoms with Gasteiger partial charge in [-0.3, -0.25) is 9.59 Å². The van der Waals surface area contributed by atoms with Gasteiger partial charge in [-0.25, -0.2) is 0 Å². The van der Waals surface area contributed by atoms with Crippen LogP contribution in [-0.2, 0) is 30.9 Å². The minimum Gasteiger partial charge on any atom is -0.429 e. The van der Waals surface area contributed by atoms with Crippen LogP contribution >= 0.6 is 0 Å². The van der Waals surface area contributed by atoms with Gasteiger partial charge in [0.25, 0.3) is 0 Å². The van der Waals surface area contributed by atoms with Crippen LogP contribution in [0.4, 0.5) is 0 Å². The summed E-state index contributed by atoms with van der Waals surface area (Å²) >= 11 is 0. The number of fused-ring (bicyclic) bond motifs is 3. The van der Waals surface area contributed by atoms with E-state index < -0.39 is 11.6 Å². The third kappa shape index (κ3) is 5.49. The number of hydrogen-bond donors (Lipinski definition) is 4. The Labute approximate surface area is 215 Å². The van der Waals surface area contributed by atoms with Gasteiger partial charge in [0.15, 0.2) is 0 Å². The third-order valence-corrected chi connectivity index (χ3v) is 9.14. The van der Waals surface area contributed by atoms with Crippen molar-refractivity contribution in [3.8, 4) is 0 Å². The summed E-state index contributed by atoms with van der Waals surface area (Å²) in [5, 5.41) is 14.9. The van der Waals surface area contributed by atoms with Gasteiger partial charge in [0.1, 0.15) is 11.6 Å². The molecule has 0 heterocycles. The smallest absolute Gasteiger partial charge is 0.429 e. The summed E-state index contributed by atoms with van der Waals surface area (Å²) in [6.45, 7) is 0.825. The Morgan fingerprint density at radius 3 is 2.22 bits per heavy atom. The van der Waals surface area contributed by atoms with Crippen molar-refractivity contribution in [3.63, 3.8) is 0 Å². The highest BCUT2D eigenvalue weighted by Gasteiger charge is 2.50. The fraction of sp³-hybridized carbons (Fsp3) is 0.704. The zero-order chi connectivity index (χ0) is 25.7. The van der Waals surface area contributed by atoms with Crippen LogP contribution < -0.4 is 16.4 Å². The molecule has 4 aliphatic rings. The molecule has 2 amide bonds. The number of amides is 2. The lowest BCUT2D eigenvalue weighted by atomic mass is 9.56. The summed E-state index contributed by atoms with van der Waals surface area (Å²) < 4.78 is 11.0. The summed E-state index contributed by atoms with van der Waals surface area (Å²) in [6, 6.07) is 8.64. The standard InChI is InChI=1S/C27H41BN3O5/c1-35-26-15-12-25(13-16-26,14-17-26)21-8-6-20(7-9-21)19-30-23(32)27(10-2-3-11-27)24(33)31-22(36-28-34)5-4-18-29/h6-9,22,34H,2-5,10-19,29H2,1H3,(H,30,32)(H,31,33)/t22-,25?,26?/m1/s1. The highest BCUT2D eigenvalue weighted by molar-refractivity contribution is 6.16. The minimum absolute atomic E-state index is 0.0986. The van der Waals surface area contributed by atoms with Gasteiger partial charge in [0.2, 0.25) is 11.8 Å². The molecule has 1 aromatic rings. The normalized spacial score (nSPS) is 27.4. The maximum atomic E-state index is 13.3. The van der Waals surface area contributed by atoms with E-state index in [1.807, 2.05) is 7.11 Å². The number of nitrogens with one attached hydrogen (secondary N) is 2. The highest BCUT2D eigenvalue weighted by atomic mass is 16.5. The molecule has 0 aliphatic heterocycles. The summed E-state index contributed by atoms with van der Waals surface area (Å²) in [5.74, 6) is -0.598. The lowest BCUT2D eigenvalue weighted by molar-refractivity contribution is -0.145. The molecule has 4 fully saturated rings. The number of benzene rings is 1. The molecule has 0 saturated heterocycles. The van der Waals surface area contributed by atoms with Gasteiger partial charge < -0.3 is 30.8 Å². The van der Waals surface area contributed by atoms with Crippen LogP contribution in [0.3, 0.4) is 0 Å². The minimum atomic E-state index is -1.11.